The number of esters is 4. The summed E-state index contributed by atoms with van der Waals surface area (Å²) >= 11 is 0. The highest BCUT2D eigenvalue weighted by molar-refractivity contribution is 5.71. The van der Waals surface area contributed by atoms with E-state index in [9.17, 15) is 19.2 Å². The van der Waals surface area contributed by atoms with Crippen molar-refractivity contribution in [3.8, 4) is 0 Å². The summed E-state index contributed by atoms with van der Waals surface area (Å²) in [6.45, 7) is 12.7. The fraction of sp³-hybridized carbons (Fsp3) is 0.911. The van der Waals surface area contributed by atoms with Gasteiger partial charge in [-0.25, -0.2) is 0 Å². The van der Waals surface area contributed by atoms with Crippen molar-refractivity contribution in [3.05, 3.63) is 0 Å². The van der Waals surface area contributed by atoms with Crippen molar-refractivity contribution in [3.63, 3.8) is 0 Å². The zero-order valence-electron chi connectivity index (χ0n) is 35.8. The standard InChI is InChI=1S/C45H79N3O8/c1-6-7-8-9-10-11-12-13-26-53-39(49)17-14-31(2)35-15-16-36-34-27-33(55-41(51)20-24-47)30-43(3)29-32(54-40(50)19-23-46)18-22-44(43,4)37(34)28-38(45(35,36)5)56-42(52)21-25-48/h31-38H,6-30,46-48H2,1-5H3/t31-,32?,33?,34-,35-,36?,37?,38+,43+,44-,45-/m1/s1. The van der Waals surface area contributed by atoms with Crippen LogP contribution in [0.15, 0.2) is 0 Å². The van der Waals surface area contributed by atoms with Crippen molar-refractivity contribution >= 4 is 23.9 Å². The first-order valence-corrected chi connectivity index (χ1v) is 22.6. The number of nitrogens with two attached hydrogens (primary N) is 3. The molecule has 0 aliphatic heterocycles. The minimum absolute atomic E-state index is 0.128. The number of carbonyl (C=O) groups excluding carboxylic acids is 4. The Labute approximate surface area is 338 Å². The summed E-state index contributed by atoms with van der Waals surface area (Å²) in [6, 6.07) is 0. The van der Waals surface area contributed by atoms with E-state index < -0.39 is 0 Å². The third-order valence-corrected chi connectivity index (χ3v) is 15.3. The first-order chi connectivity index (χ1) is 26.8. The monoisotopic (exact) mass is 790 g/mol. The molecule has 4 aliphatic rings. The number of ether oxygens (including phenoxy) is 4. The van der Waals surface area contributed by atoms with Gasteiger partial charge in [-0.3, -0.25) is 19.2 Å². The zero-order chi connectivity index (χ0) is 40.9. The SMILES string of the molecule is CCCCCCCCCCOC(=O)CC[C@@H](C)[C@H]1CCC2[C@H]3CC(OC(=O)CCN)C[C@]4(C)CC(OC(=O)CCN)CC[C@]4(C)C3C[C@H](OC(=O)CCN)[C@@]21C. The van der Waals surface area contributed by atoms with Gasteiger partial charge >= 0.3 is 23.9 Å². The summed E-state index contributed by atoms with van der Waals surface area (Å²) in [5, 5.41) is 0. The van der Waals surface area contributed by atoms with Crippen LogP contribution in [-0.4, -0.2) is 68.4 Å². The molecule has 56 heavy (non-hydrogen) atoms. The Hall–Kier alpha value is -2.24. The van der Waals surface area contributed by atoms with Gasteiger partial charge in [0.1, 0.15) is 18.3 Å². The zero-order valence-corrected chi connectivity index (χ0v) is 35.8. The van der Waals surface area contributed by atoms with Gasteiger partial charge in [-0.2, -0.15) is 0 Å². The van der Waals surface area contributed by atoms with Crippen LogP contribution in [0.4, 0.5) is 0 Å². The molecular weight excluding hydrogens is 711 g/mol. The van der Waals surface area contributed by atoms with Crippen molar-refractivity contribution in [2.45, 2.75) is 188 Å². The molecule has 4 rings (SSSR count). The van der Waals surface area contributed by atoms with Crippen molar-refractivity contribution in [2.24, 2.45) is 63.0 Å². The minimum Gasteiger partial charge on any atom is -0.466 e. The van der Waals surface area contributed by atoms with Crippen molar-refractivity contribution in [1.29, 1.82) is 0 Å². The van der Waals surface area contributed by atoms with E-state index in [0.717, 1.165) is 51.4 Å². The van der Waals surface area contributed by atoms with Gasteiger partial charge in [-0.1, -0.05) is 79.6 Å². The number of carbonyl (C=O) groups is 4. The van der Waals surface area contributed by atoms with E-state index in [1.54, 1.807) is 0 Å². The van der Waals surface area contributed by atoms with Gasteiger partial charge in [0.25, 0.3) is 0 Å². The van der Waals surface area contributed by atoms with E-state index in [1.807, 2.05) is 0 Å². The first kappa shape index (κ1) is 46.4. The highest BCUT2D eigenvalue weighted by Crippen LogP contribution is 2.70. The third-order valence-electron chi connectivity index (χ3n) is 15.3. The van der Waals surface area contributed by atoms with E-state index in [0.29, 0.717) is 32.3 Å². The first-order valence-electron chi connectivity index (χ1n) is 22.6. The molecule has 4 unspecified atom stereocenters. The predicted molar refractivity (Wildman–Crippen MR) is 218 cm³/mol. The Kier molecular flexibility index (Phi) is 18.0. The minimum atomic E-state index is -0.330. The number of rotatable bonds is 22. The third kappa shape index (κ3) is 11.3. The van der Waals surface area contributed by atoms with Crippen LogP contribution >= 0.6 is 0 Å². The van der Waals surface area contributed by atoms with Gasteiger partial charge in [-0.15, -0.1) is 0 Å². The summed E-state index contributed by atoms with van der Waals surface area (Å²) in [4.78, 5) is 52.0. The Morgan fingerprint density at radius 2 is 1.23 bits per heavy atom. The van der Waals surface area contributed by atoms with Crippen LogP contribution in [0.3, 0.4) is 0 Å². The average Bonchev–Trinajstić information content (AvgIpc) is 3.47. The molecule has 0 aromatic heterocycles. The molecule has 0 bridgehead atoms. The van der Waals surface area contributed by atoms with Crippen LogP contribution in [0.5, 0.6) is 0 Å². The summed E-state index contributed by atoms with van der Waals surface area (Å²) in [5.74, 6) is 0.180. The lowest BCUT2D eigenvalue weighted by atomic mass is 9.44. The van der Waals surface area contributed by atoms with E-state index in [1.165, 1.54) is 38.5 Å². The number of hydrogen-bond donors (Lipinski definition) is 3. The second-order valence-electron chi connectivity index (χ2n) is 18.9. The molecule has 4 aliphatic carbocycles. The van der Waals surface area contributed by atoms with Gasteiger partial charge in [0.15, 0.2) is 0 Å². The van der Waals surface area contributed by atoms with E-state index in [4.69, 9.17) is 36.1 Å². The van der Waals surface area contributed by atoms with Crippen molar-refractivity contribution < 1.29 is 38.1 Å². The molecular formula is C45H79N3O8. The van der Waals surface area contributed by atoms with Crippen LogP contribution < -0.4 is 17.2 Å². The molecule has 11 nitrogen and oxygen atoms in total. The Bertz CT molecular complexity index is 1280. The van der Waals surface area contributed by atoms with Crippen LogP contribution in [0.25, 0.3) is 0 Å². The largest absolute Gasteiger partial charge is 0.466 e. The Balaban J connectivity index is 1.54. The number of fused-ring (bicyclic) bond motifs is 5. The maximum atomic E-state index is 13.4. The average molecular weight is 790 g/mol. The molecule has 0 aromatic carbocycles. The fourth-order valence-electron chi connectivity index (χ4n) is 12.2. The van der Waals surface area contributed by atoms with E-state index in [2.05, 4.69) is 34.6 Å². The van der Waals surface area contributed by atoms with Gasteiger partial charge < -0.3 is 36.1 Å². The fourth-order valence-corrected chi connectivity index (χ4v) is 12.2. The van der Waals surface area contributed by atoms with Crippen molar-refractivity contribution in [2.75, 3.05) is 26.2 Å². The summed E-state index contributed by atoms with van der Waals surface area (Å²) in [7, 11) is 0. The Morgan fingerprint density at radius 3 is 1.86 bits per heavy atom. The highest BCUT2D eigenvalue weighted by Gasteiger charge is 2.67. The summed E-state index contributed by atoms with van der Waals surface area (Å²) < 4.78 is 24.5. The lowest BCUT2D eigenvalue weighted by molar-refractivity contribution is -0.194. The van der Waals surface area contributed by atoms with Gasteiger partial charge in [0.2, 0.25) is 0 Å². The summed E-state index contributed by atoms with van der Waals surface area (Å²) in [6.07, 6.45) is 16.7. The molecule has 0 aromatic rings. The molecule has 11 heteroatoms. The molecule has 4 saturated carbocycles. The van der Waals surface area contributed by atoms with E-state index >= 15 is 0 Å². The van der Waals surface area contributed by atoms with Crippen molar-refractivity contribution in [1.82, 2.24) is 0 Å². The smallest absolute Gasteiger partial charge is 0.307 e. The predicted octanol–water partition coefficient (Wildman–Crippen LogP) is 7.53. The van der Waals surface area contributed by atoms with Gasteiger partial charge in [0, 0.05) is 31.5 Å². The highest BCUT2D eigenvalue weighted by atomic mass is 16.6. The van der Waals surface area contributed by atoms with Crippen LogP contribution in [0, 0.1) is 45.8 Å². The van der Waals surface area contributed by atoms with Crippen LogP contribution in [0.1, 0.15) is 169 Å². The number of hydrogen-bond acceptors (Lipinski definition) is 11. The lowest BCUT2D eigenvalue weighted by Gasteiger charge is -2.61. The van der Waals surface area contributed by atoms with Gasteiger partial charge in [-0.05, 0) is 105 Å². The van der Waals surface area contributed by atoms with Crippen LogP contribution in [0.2, 0.25) is 0 Å². The lowest BCUT2D eigenvalue weighted by Crippen LogP contribution is -2.59. The Morgan fingerprint density at radius 1 is 0.661 bits per heavy atom. The molecule has 0 radical (unpaired) electrons. The number of unbranched alkanes of at least 4 members (excludes halogenated alkanes) is 7. The molecule has 0 saturated heterocycles. The van der Waals surface area contributed by atoms with Crippen LogP contribution in [-0.2, 0) is 38.1 Å². The molecule has 0 spiro atoms. The molecule has 11 atom stereocenters. The molecule has 0 amide bonds. The van der Waals surface area contributed by atoms with Gasteiger partial charge in [0.05, 0.1) is 25.9 Å². The maximum Gasteiger partial charge on any atom is 0.307 e. The summed E-state index contributed by atoms with van der Waals surface area (Å²) in [5.41, 5.74) is 16.5. The molecule has 322 valence electrons. The second kappa shape index (κ2) is 21.7. The molecule has 0 heterocycles. The normalized spacial score (nSPS) is 34.2. The quantitative estimate of drug-likeness (QED) is 0.0560. The molecule has 6 N–H and O–H groups in total. The second-order valence-corrected chi connectivity index (χ2v) is 18.9. The van der Waals surface area contributed by atoms with E-state index in [-0.39, 0.29) is 127 Å². The maximum absolute atomic E-state index is 13.4. The topological polar surface area (TPSA) is 183 Å². The molecule has 4 fully saturated rings.